The lowest BCUT2D eigenvalue weighted by Gasteiger charge is -2.08. The molecule has 0 fully saturated rings. The van der Waals surface area contributed by atoms with E-state index in [2.05, 4.69) is 25.3 Å². The molecule has 1 N–H and O–H groups in total. The summed E-state index contributed by atoms with van der Waals surface area (Å²) < 4.78 is 19.5. The molecule has 3 heterocycles. The first-order valence-electron chi connectivity index (χ1n) is 8.42. The minimum Gasteiger partial charge on any atom is -0.365 e. The zero-order valence-electron chi connectivity index (χ0n) is 14.9. The summed E-state index contributed by atoms with van der Waals surface area (Å²) in [5.74, 6) is 0.835. The van der Waals surface area contributed by atoms with E-state index in [4.69, 9.17) is 4.74 Å². The van der Waals surface area contributed by atoms with Gasteiger partial charge >= 0.3 is 0 Å². The van der Waals surface area contributed by atoms with E-state index < -0.39 is 10.8 Å². The van der Waals surface area contributed by atoms with Gasteiger partial charge in [-0.25, -0.2) is 14.6 Å². The molecular formula is C18H18N6O2S. The first-order valence-corrected chi connectivity index (χ1v) is 9.73. The molecule has 8 nitrogen and oxygen atoms in total. The molecule has 0 bridgehead atoms. The third kappa shape index (κ3) is 3.64. The van der Waals surface area contributed by atoms with Crippen LogP contribution in [0.4, 0.5) is 0 Å². The number of rotatable bonds is 6. The van der Waals surface area contributed by atoms with Crippen LogP contribution in [0.1, 0.15) is 13.8 Å². The molecule has 4 aromatic rings. The van der Waals surface area contributed by atoms with Crippen molar-refractivity contribution < 1.29 is 8.95 Å². The van der Waals surface area contributed by atoms with Gasteiger partial charge in [0, 0.05) is 17.1 Å². The van der Waals surface area contributed by atoms with E-state index in [1.165, 1.54) is 6.33 Å². The number of benzene rings is 1. The maximum absolute atomic E-state index is 12.3. The molecule has 9 heteroatoms. The molecule has 0 radical (unpaired) electrons. The summed E-state index contributed by atoms with van der Waals surface area (Å²) in [6.07, 6.45) is 4.83. The van der Waals surface area contributed by atoms with Crippen molar-refractivity contribution in [1.29, 1.82) is 0 Å². The van der Waals surface area contributed by atoms with E-state index in [9.17, 15) is 4.21 Å². The maximum Gasteiger partial charge on any atom is 0.162 e. The van der Waals surface area contributed by atoms with Crippen molar-refractivity contribution in [1.82, 2.24) is 29.9 Å². The molecule has 4 rings (SSSR count). The number of hydrogen-bond donors (Lipinski definition) is 1. The van der Waals surface area contributed by atoms with Gasteiger partial charge < -0.3 is 4.74 Å². The number of aromatic nitrogens is 6. The van der Waals surface area contributed by atoms with Gasteiger partial charge in [0.15, 0.2) is 11.5 Å². The minimum absolute atomic E-state index is 0.0324. The van der Waals surface area contributed by atoms with Gasteiger partial charge in [0.2, 0.25) is 0 Å². The number of ether oxygens (including phenoxy) is 1. The molecule has 3 aromatic heterocycles. The fourth-order valence-corrected chi connectivity index (χ4v) is 3.57. The predicted molar refractivity (Wildman–Crippen MR) is 102 cm³/mol. The Hall–Kier alpha value is -2.91. The summed E-state index contributed by atoms with van der Waals surface area (Å²) >= 11 is 0. The van der Waals surface area contributed by atoms with E-state index in [0.717, 1.165) is 16.6 Å². The highest BCUT2D eigenvalue weighted by Crippen LogP contribution is 2.22. The Balaban J connectivity index is 1.66. The van der Waals surface area contributed by atoms with E-state index in [1.54, 1.807) is 17.1 Å². The second kappa shape index (κ2) is 7.37. The van der Waals surface area contributed by atoms with Crippen LogP contribution in [-0.4, -0.2) is 46.2 Å². The lowest BCUT2D eigenvalue weighted by molar-refractivity contribution is 0.118. The molecule has 0 saturated carbocycles. The highest BCUT2D eigenvalue weighted by Gasteiger charge is 2.12. The van der Waals surface area contributed by atoms with Crippen LogP contribution >= 0.6 is 0 Å². The lowest BCUT2D eigenvalue weighted by Crippen LogP contribution is -2.09. The Bertz CT molecular complexity index is 1090. The van der Waals surface area contributed by atoms with Gasteiger partial charge in [-0.1, -0.05) is 12.1 Å². The van der Waals surface area contributed by atoms with Crippen LogP contribution in [0.2, 0.25) is 0 Å². The van der Waals surface area contributed by atoms with Gasteiger partial charge in [-0.2, -0.15) is 10.2 Å². The normalized spacial score (nSPS) is 12.7. The van der Waals surface area contributed by atoms with Crippen LogP contribution in [0.3, 0.4) is 0 Å². The SMILES string of the molecule is CC(C)OC[S@@](=O)c1cnc2c(cnn2-c2cccc(-c3ncn[nH]3)c2)c1. The topological polar surface area (TPSA) is 98.6 Å². The Morgan fingerprint density at radius 2 is 2.11 bits per heavy atom. The van der Waals surface area contributed by atoms with Crippen LogP contribution in [-0.2, 0) is 15.5 Å². The third-order valence-electron chi connectivity index (χ3n) is 3.93. The summed E-state index contributed by atoms with van der Waals surface area (Å²) in [6.45, 7) is 3.82. The average molecular weight is 382 g/mol. The number of nitrogens with zero attached hydrogens (tertiary/aromatic N) is 5. The molecule has 138 valence electrons. The zero-order valence-corrected chi connectivity index (χ0v) is 15.7. The predicted octanol–water partition coefficient (Wildman–Crippen LogP) is 2.70. The minimum atomic E-state index is -1.26. The molecule has 1 aromatic carbocycles. The smallest absolute Gasteiger partial charge is 0.162 e. The number of hydrogen-bond acceptors (Lipinski definition) is 6. The molecule has 0 unspecified atom stereocenters. The van der Waals surface area contributed by atoms with Crippen LogP contribution in [0.5, 0.6) is 0 Å². The van der Waals surface area contributed by atoms with Crippen molar-refractivity contribution >= 4 is 21.8 Å². The molecule has 1 atom stereocenters. The van der Waals surface area contributed by atoms with E-state index in [0.29, 0.717) is 16.4 Å². The van der Waals surface area contributed by atoms with Crippen LogP contribution in [0, 0.1) is 0 Å². The fourth-order valence-electron chi connectivity index (χ4n) is 2.61. The first kappa shape index (κ1) is 17.5. The van der Waals surface area contributed by atoms with Crippen molar-refractivity contribution in [3.63, 3.8) is 0 Å². The Labute approximate surface area is 158 Å². The Kier molecular flexibility index (Phi) is 4.78. The number of pyridine rings is 1. The first-order chi connectivity index (χ1) is 13.1. The molecule has 0 aliphatic rings. The number of nitrogens with one attached hydrogen (secondary N) is 1. The van der Waals surface area contributed by atoms with Crippen molar-refractivity contribution in [2.24, 2.45) is 0 Å². The second-order valence-electron chi connectivity index (χ2n) is 6.20. The van der Waals surface area contributed by atoms with Crippen LogP contribution in [0.15, 0.2) is 53.9 Å². The molecular weight excluding hydrogens is 364 g/mol. The Morgan fingerprint density at radius 1 is 1.22 bits per heavy atom. The van der Waals surface area contributed by atoms with Crippen molar-refractivity contribution in [3.05, 3.63) is 49.1 Å². The monoisotopic (exact) mass is 382 g/mol. The quantitative estimate of drug-likeness (QED) is 0.550. The van der Waals surface area contributed by atoms with Crippen molar-refractivity contribution in [2.45, 2.75) is 24.8 Å². The lowest BCUT2D eigenvalue weighted by atomic mass is 10.2. The fraction of sp³-hybridized carbons (Fsp3) is 0.222. The highest BCUT2D eigenvalue weighted by atomic mass is 32.2. The van der Waals surface area contributed by atoms with Gasteiger partial charge in [0.05, 0.1) is 33.7 Å². The molecule has 0 amide bonds. The van der Waals surface area contributed by atoms with Crippen molar-refractivity contribution in [2.75, 3.05) is 5.94 Å². The zero-order chi connectivity index (χ0) is 18.8. The summed E-state index contributed by atoms with van der Waals surface area (Å²) in [5, 5.41) is 12.0. The third-order valence-corrected chi connectivity index (χ3v) is 5.03. The summed E-state index contributed by atoms with van der Waals surface area (Å²) in [7, 11) is -1.26. The number of H-pyrrole nitrogens is 1. The number of fused-ring (bicyclic) bond motifs is 1. The molecule has 0 aliphatic carbocycles. The molecule has 0 saturated heterocycles. The van der Waals surface area contributed by atoms with Gasteiger partial charge in [-0.15, -0.1) is 0 Å². The average Bonchev–Trinajstić information content (AvgIpc) is 3.35. The van der Waals surface area contributed by atoms with Gasteiger partial charge in [0.1, 0.15) is 12.3 Å². The van der Waals surface area contributed by atoms with E-state index in [-0.39, 0.29) is 12.0 Å². The van der Waals surface area contributed by atoms with E-state index >= 15 is 0 Å². The largest absolute Gasteiger partial charge is 0.365 e. The molecule has 27 heavy (non-hydrogen) atoms. The molecule has 0 spiro atoms. The Morgan fingerprint density at radius 3 is 2.89 bits per heavy atom. The highest BCUT2D eigenvalue weighted by molar-refractivity contribution is 7.84. The van der Waals surface area contributed by atoms with Crippen molar-refractivity contribution in [3.8, 4) is 17.1 Å². The second-order valence-corrected chi connectivity index (χ2v) is 7.60. The summed E-state index contributed by atoms with van der Waals surface area (Å²) in [5.41, 5.74) is 2.44. The van der Waals surface area contributed by atoms with E-state index in [1.807, 2.05) is 44.2 Å². The maximum atomic E-state index is 12.3. The van der Waals surface area contributed by atoms with Gasteiger partial charge in [-0.05, 0) is 32.0 Å². The van der Waals surface area contributed by atoms with Gasteiger partial charge in [-0.3, -0.25) is 9.31 Å². The number of aromatic amines is 1. The summed E-state index contributed by atoms with van der Waals surface area (Å²) in [4.78, 5) is 9.27. The molecule has 0 aliphatic heterocycles. The van der Waals surface area contributed by atoms with Gasteiger partial charge in [0.25, 0.3) is 0 Å². The summed E-state index contributed by atoms with van der Waals surface area (Å²) in [6, 6.07) is 9.60. The van der Waals surface area contributed by atoms with Crippen LogP contribution < -0.4 is 0 Å². The van der Waals surface area contributed by atoms with Crippen LogP contribution in [0.25, 0.3) is 28.1 Å². The standard InChI is InChI=1S/C18H18N6O2S/c1-12(2)26-11-27(25)16-7-14-8-22-24(18(14)19-9-16)15-5-3-4-13(6-15)17-20-10-21-23-17/h3-10,12H,11H2,1-2H3,(H,20,21,23)/t27-/m1/s1.